The molecule has 1 saturated carbocycles. The Balaban J connectivity index is 1.81. The molecule has 0 unspecified atom stereocenters. The fraction of sp³-hybridized carbons (Fsp3) is 0.533. The number of phenols is 1. The third-order valence-corrected chi connectivity index (χ3v) is 4.63. The van der Waals surface area contributed by atoms with E-state index in [0.29, 0.717) is 24.6 Å². The summed E-state index contributed by atoms with van der Waals surface area (Å²) in [6, 6.07) is 1.49. The summed E-state index contributed by atoms with van der Waals surface area (Å²) in [5.41, 5.74) is 0.564. The SMILES string of the molecule is O=C1c2c(cc(Cl)c(O)c2F)CN1CC1CCCCC1. The standard InChI is InChI=1S/C15H17ClFNO2/c16-11-6-10-8-18(7-9-4-2-1-3-5-9)15(20)12(10)13(17)14(11)19/h6,9,19H,1-5,7-8H2. The molecule has 108 valence electrons. The summed E-state index contributed by atoms with van der Waals surface area (Å²) in [4.78, 5) is 14.0. The molecule has 1 N–H and O–H groups in total. The molecule has 1 aromatic rings. The highest BCUT2D eigenvalue weighted by atomic mass is 35.5. The molecule has 0 saturated heterocycles. The zero-order valence-electron chi connectivity index (χ0n) is 11.2. The van der Waals surface area contributed by atoms with Crippen molar-refractivity contribution in [2.45, 2.75) is 38.6 Å². The van der Waals surface area contributed by atoms with Crippen LogP contribution in [0.1, 0.15) is 48.0 Å². The second-order valence-corrected chi connectivity index (χ2v) is 6.15. The van der Waals surface area contributed by atoms with Crippen LogP contribution in [-0.2, 0) is 6.54 Å². The average molecular weight is 298 g/mol. The topological polar surface area (TPSA) is 40.5 Å². The van der Waals surface area contributed by atoms with E-state index < -0.39 is 11.6 Å². The second-order valence-electron chi connectivity index (χ2n) is 5.74. The lowest BCUT2D eigenvalue weighted by atomic mass is 9.89. The molecule has 0 bridgehead atoms. The van der Waals surface area contributed by atoms with Gasteiger partial charge in [-0.3, -0.25) is 4.79 Å². The van der Waals surface area contributed by atoms with Crippen LogP contribution in [0.15, 0.2) is 6.07 Å². The van der Waals surface area contributed by atoms with Crippen LogP contribution in [0.4, 0.5) is 4.39 Å². The zero-order chi connectivity index (χ0) is 14.3. The molecule has 1 heterocycles. The van der Waals surface area contributed by atoms with Gasteiger partial charge in [0.25, 0.3) is 5.91 Å². The van der Waals surface area contributed by atoms with E-state index in [1.54, 1.807) is 4.90 Å². The van der Waals surface area contributed by atoms with Gasteiger partial charge < -0.3 is 10.0 Å². The first-order valence-corrected chi connectivity index (χ1v) is 7.45. The Kier molecular flexibility index (Phi) is 3.59. The number of carbonyl (C=O) groups is 1. The number of rotatable bonds is 2. The quantitative estimate of drug-likeness (QED) is 0.904. The van der Waals surface area contributed by atoms with Gasteiger partial charge in [-0.25, -0.2) is 4.39 Å². The minimum Gasteiger partial charge on any atom is -0.504 e. The van der Waals surface area contributed by atoms with E-state index >= 15 is 0 Å². The molecule has 1 aromatic carbocycles. The van der Waals surface area contributed by atoms with Crippen LogP contribution in [-0.4, -0.2) is 22.5 Å². The van der Waals surface area contributed by atoms with Crippen molar-refractivity contribution in [3.63, 3.8) is 0 Å². The van der Waals surface area contributed by atoms with Gasteiger partial charge in [-0.2, -0.15) is 0 Å². The molecule has 0 spiro atoms. The second kappa shape index (κ2) is 5.24. The number of hydrogen-bond donors (Lipinski definition) is 1. The summed E-state index contributed by atoms with van der Waals surface area (Å²) in [5.74, 6) is -1.33. The Morgan fingerprint density at radius 2 is 2.05 bits per heavy atom. The van der Waals surface area contributed by atoms with Crippen molar-refractivity contribution in [3.8, 4) is 5.75 Å². The molecule has 5 heteroatoms. The van der Waals surface area contributed by atoms with Crippen LogP contribution >= 0.6 is 11.6 Å². The molecule has 20 heavy (non-hydrogen) atoms. The highest BCUT2D eigenvalue weighted by Gasteiger charge is 2.34. The van der Waals surface area contributed by atoms with Gasteiger partial charge in [0.15, 0.2) is 11.6 Å². The van der Waals surface area contributed by atoms with Crippen LogP contribution < -0.4 is 0 Å². The Hall–Kier alpha value is -1.29. The van der Waals surface area contributed by atoms with Gasteiger partial charge in [0.05, 0.1) is 10.6 Å². The number of carbonyl (C=O) groups excluding carboxylic acids is 1. The van der Waals surface area contributed by atoms with Crippen LogP contribution in [0, 0.1) is 11.7 Å². The number of nitrogens with zero attached hydrogens (tertiary/aromatic N) is 1. The first kappa shape index (κ1) is 13.7. The van der Waals surface area contributed by atoms with Crippen LogP contribution in [0.5, 0.6) is 5.75 Å². The van der Waals surface area contributed by atoms with Crippen LogP contribution in [0.25, 0.3) is 0 Å². The predicted molar refractivity (Wildman–Crippen MR) is 74.4 cm³/mol. The summed E-state index contributed by atoms with van der Waals surface area (Å²) < 4.78 is 14.0. The van der Waals surface area contributed by atoms with E-state index in [0.717, 1.165) is 12.8 Å². The first-order chi connectivity index (χ1) is 9.58. The van der Waals surface area contributed by atoms with E-state index in [2.05, 4.69) is 0 Å². The zero-order valence-corrected chi connectivity index (χ0v) is 11.9. The van der Waals surface area contributed by atoms with Crippen molar-refractivity contribution < 1.29 is 14.3 Å². The fourth-order valence-electron chi connectivity index (χ4n) is 3.28. The minimum absolute atomic E-state index is 0.0114. The van der Waals surface area contributed by atoms with Gasteiger partial charge in [-0.05, 0) is 30.4 Å². The Labute approximate surface area is 122 Å². The van der Waals surface area contributed by atoms with E-state index in [1.165, 1.54) is 25.3 Å². The number of amides is 1. The van der Waals surface area contributed by atoms with Crippen molar-refractivity contribution in [2.75, 3.05) is 6.54 Å². The highest BCUT2D eigenvalue weighted by molar-refractivity contribution is 6.32. The van der Waals surface area contributed by atoms with Crippen molar-refractivity contribution in [3.05, 3.63) is 28.0 Å². The van der Waals surface area contributed by atoms with E-state index in [-0.39, 0.29) is 16.5 Å². The van der Waals surface area contributed by atoms with Gasteiger partial charge in [-0.1, -0.05) is 30.9 Å². The van der Waals surface area contributed by atoms with Crippen molar-refractivity contribution in [1.82, 2.24) is 4.90 Å². The molecule has 0 aromatic heterocycles. The fourth-order valence-corrected chi connectivity index (χ4v) is 3.49. The summed E-state index contributed by atoms with van der Waals surface area (Å²) in [5, 5.41) is 9.48. The normalized spacial score (nSPS) is 19.5. The maximum absolute atomic E-state index is 14.0. The lowest BCUT2D eigenvalue weighted by molar-refractivity contribution is 0.0734. The maximum atomic E-state index is 14.0. The van der Waals surface area contributed by atoms with Crippen molar-refractivity contribution in [2.24, 2.45) is 5.92 Å². The molecule has 1 aliphatic carbocycles. The van der Waals surface area contributed by atoms with Gasteiger partial charge in [0.1, 0.15) is 0 Å². The van der Waals surface area contributed by atoms with Gasteiger partial charge in [0, 0.05) is 13.1 Å². The van der Waals surface area contributed by atoms with Gasteiger partial charge >= 0.3 is 0 Å². The molecule has 3 nitrogen and oxygen atoms in total. The Bertz CT molecular complexity index is 555. The van der Waals surface area contributed by atoms with E-state index in [1.807, 2.05) is 0 Å². The van der Waals surface area contributed by atoms with Crippen LogP contribution in [0.2, 0.25) is 5.02 Å². The Morgan fingerprint density at radius 3 is 2.75 bits per heavy atom. The highest BCUT2D eigenvalue weighted by Crippen LogP contribution is 2.37. The number of hydrogen-bond acceptors (Lipinski definition) is 2. The summed E-state index contributed by atoms with van der Waals surface area (Å²) in [6.07, 6.45) is 5.95. The van der Waals surface area contributed by atoms with E-state index in [9.17, 15) is 14.3 Å². The third kappa shape index (κ3) is 2.26. The number of aromatic hydroxyl groups is 1. The molecule has 1 fully saturated rings. The first-order valence-electron chi connectivity index (χ1n) is 7.07. The van der Waals surface area contributed by atoms with Crippen molar-refractivity contribution >= 4 is 17.5 Å². The number of halogens is 2. The number of fused-ring (bicyclic) bond motifs is 1. The average Bonchev–Trinajstić information content (AvgIpc) is 2.74. The molecule has 1 amide bonds. The molecule has 0 atom stereocenters. The lowest BCUT2D eigenvalue weighted by Gasteiger charge is -2.26. The molecular formula is C15H17ClFNO2. The smallest absolute Gasteiger partial charge is 0.257 e. The molecule has 2 aliphatic rings. The predicted octanol–water partition coefficient (Wildman–Crippen LogP) is 3.72. The summed E-state index contributed by atoms with van der Waals surface area (Å²) in [7, 11) is 0. The third-order valence-electron chi connectivity index (χ3n) is 4.34. The number of benzene rings is 1. The van der Waals surface area contributed by atoms with Gasteiger partial charge in [0.2, 0.25) is 0 Å². The molecule has 3 rings (SSSR count). The largest absolute Gasteiger partial charge is 0.504 e. The van der Waals surface area contributed by atoms with E-state index in [4.69, 9.17) is 11.6 Å². The molecular weight excluding hydrogens is 281 g/mol. The maximum Gasteiger partial charge on any atom is 0.257 e. The number of phenolic OH excluding ortho intramolecular Hbond substituents is 1. The van der Waals surface area contributed by atoms with Gasteiger partial charge in [-0.15, -0.1) is 0 Å². The molecule has 0 radical (unpaired) electrons. The van der Waals surface area contributed by atoms with Crippen LogP contribution in [0.3, 0.4) is 0 Å². The van der Waals surface area contributed by atoms with Crippen molar-refractivity contribution in [1.29, 1.82) is 0 Å². The minimum atomic E-state index is -0.886. The molecule has 1 aliphatic heterocycles. The Morgan fingerprint density at radius 1 is 1.35 bits per heavy atom. The summed E-state index contributed by atoms with van der Waals surface area (Å²) >= 11 is 5.77. The summed E-state index contributed by atoms with van der Waals surface area (Å²) in [6.45, 7) is 1.06. The monoisotopic (exact) mass is 297 g/mol. The lowest BCUT2D eigenvalue weighted by Crippen LogP contribution is -2.31.